The maximum absolute atomic E-state index is 12.5. The largest absolute Gasteiger partial charge is 0.462 e. The van der Waals surface area contributed by atoms with E-state index in [9.17, 15) is 9.59 Å². The molecule has 0 amide bonds. The number of aromatic nitrogens is 2. The van der Waals surface area contributed by atoms with Gasteiger partial charge < -0.3 is 4.74 Å². The van der Waals surface area contributed by atoms with Gasteiger partial charge in [0, 0.05) is 12.1 Å². The summed E-state index contributed by atoms with van der Waals surface area (Å²) in [6.45, 7) is 8.55. The summed E-state index contributed by atoms with van der Waals surface area (Å²) in [5.41, 5.74) is 3.46. The molecule has 1 aromatic carbocycles. The first kappa shape index (κ1) is 17.9. The lowest BCUT2D eigenvalue weighted by Crippen LogP contribution is -2.30. The number of unbranched alkanes of at least 4 members (excludes halogenated alkanes) is 1. The van der Waals surface area contributed by atoms with E-state index < -0.39 is 11.5 Å². The molecule has 128 valence electrons. The minimum absolute atomic E-state index is 0.0381. The van der Waals surface area contributed by atoms with Crippen LogP contribution in [0.3, 0.4) is 0 Å². The Balaban J connectivity index is 2.58. The normalized spacial score (nSPS) is 10.7. The first-order valence-electron chi connectivity index (χ1n) is 8.34. The van der Waals surface area contributed by atoms with E-state index in [4.69, 9.17) is 4.74 Å². The maximum Gasteiger partial charge on any atom is 0.343 e. The fourth-order valence-electron chi connectivity index (χ4n) is 2.40. The third kappa shape index (κ3) is 3.91. The average Bonchev–Trinajstić information content (AvgIpc) is 2.56. The Morgan fingerprint density at radius 2 is 1.92 bits per heavy atom. The molecule has 0 aliphatic heterocycles. The summed E-state index contributed by atoms with van der Waals surface area (Å²) in [7, 11) is 0. The number of ether oxygens (including phenoxy) is 1. The Labute approximate surface area is 142 Å². The van der Waals surface area contributed by atoms with Crippen LogP contribution in [0.1, 0.15) is 48.2 Å². The fraction of sp³-hybridized carbons (Fsp3) is 0.421. The van der Waals surface area contributed by atoms with E-state index in [1.165, 1.54) is 16.3 Å². The Hall–Kier alpha value is -2.43. The first-order chi connectivity index (χ1) is 11.5. The molecule has 2 aromatic rings. The van der Waals surface area contributed by atoms with Crippen molar-refractivity contribution in [2.24, 2.45) is 0 Å². The molecule has 0 saturated carbocycles. The minimum Gasteiger partial charge on any atom is -0.462 e. The first-order valence-corrected chi connectivity index (χ1v) is 8.34. The van der Waals surface area contributed by atoms with Gasteiger partial charge in [0.05, 0.1) is 12.3 Å². The molecular weight excluding hydrogens is 304 g/mol. The van der Waals surface area contributed by atoms with Crippen LogP contribution in [0.15, 0.2) is 29.1 Å². The SMILES string of the molecule is CCCCn1nc(-c2ccc(C)c(C)c2)cc(C(=O)OCC)c1=O. The third-order valence-electron chi connectivity index (χ3n) is 4.00. The summed E-state index contributed by atoms with van der Waals surface area (Å²) in [6.07, 6.45) is 1.77. The zero-order chi connectivity index (χ0) is 17.7. The number of nitrogens with zero attached hydrogens (tertiary/aromatic N) is 2. The molecule has 1 heterocycles. The van der Waals surface area contributed by atoms with Crippen LogP contribution in [-0.4, -0.2) is 22.4 Å². The van der Waals surface area contributed by atoms with Crippen LogP contribution in [0.25, 0.3) is 11.3 Å². The van der Waals surface area contributed by atoms with Gasteiger partial charge in [-0.15, -0.1) is 0 Å². The zero-order valence-corrected chi connectivity index (χ0v) is 14.8. The monoisotopic (exact) mass is 328 g/mol. The molecule has 0 spiro atoms. The van der Waals surface area contributed by atoms with Gasteiger partial charge >= 0.3 is 5.97 Å². The highest BCUT2D eigenvalue weighted by Crippen LogP contribution is 2.20. The second-order valence-corrected chi connectivity index (χ2v) is 5.84. The van der Waals surface area contributed by atoms with Crippen molar-refractivity contribution in [2.75, 3.05) is 6.61 Å². The van der Waals surface area contributed by atoms with Crippen molar-refractivity contribution in [3.63, 3.8) is 0 Å². The number of carbonyl (C=O) groups excluding carboxylic acids is 1. The second kappa shape index (κ2) is 7.90. The number of carbonyl (C=O) groups is 1. The summed E-state index contributed by atoms with van der Waals surface area (Å²) >= 11 is 0. The molecule has 0 N–H and O–H groups in total. The Morgan fingerprint density at radius 1 is 1.17 bits per heavy atom. The van der Waals surface area contributed by atoms with Crippen LogP contribution in [0, 0.1) is 13.8 Å². The molecule has 0 atom stereocenters. The molecule has 0 fully saturated rings. The van der Waals surface area contributed by atoms with E-state index in [2.05, 4.69) is 5.10 Å². The topological polar surface area (TPSA) is 61.2 Å². The molecule has 0 aliphatic carbocycles. The summed E-state index contributed by atoms with van der Waals surface area (Å²) in [6, 6.07) is 7.51. The summed E-state index contributed by atoms with van der Waals surface area (Å²) in [5, 5.41) is 4.45. The molecule has 0 bridgehead atoms. The van der Waals surface area contributed by atoms with E-state index in [1.807, 2.05) is 39.0 Å². The van der Waals surface area contributed by atoms with Crippen LogP contribution in [0.2, 0.25) is 0 Å². The van der Waals surface area contributed by atoms with Gasteiger partial charge in [-0.05, 0) is 50.5 Å². The predicted molar refractivity (Wildman–Crippen MR) is 94.3 cm³/mol. The van der Waals surface area contributed by atoms with Crippen LogP contribution >= 0.6 is 0 Å². The number of hydrogen-bond donors (Lipinski definition) is 0. The van der Waals surface area contributed by atoms with Gasteiger partial charge in [-0.2, -0.15) is 5.10 Å². The lowest BCUT2D eigenvalue weighted by atomic mass is 10.0. The van der Waals surface area contributed by atoms with Crippen LogP contribution in [0.5, 0.6) is 0 Å². The molecule has 0 aliphatic rings. The molecule has 24 heavy (non-hydrogen) atoms. The van der Waals surface area contributed by atoms with Crippen molar-refractivity contribution in [3.8, 4) is 11.3 Å². The maximum atomic E-state index is 12.5. The van der Waals surface area contributed by atoms with Crippen LogP contribution < -0.4 is 5.56 Å². The highest BCUT2D eigenvalue weighted by molar-refractivity contribution is 5.90. The smallest absolute Gasteiger partial charge is 0.343 e. The number of aryl methyl sites for hydroxylation is 3. The number of benzene rings is 1. The van der Waals surface area contributed by atoms with E-state index in [1.54, 1.807) is 6.92 Å². The fourth-order valence-corrected chi connectivity index (χ4v) is 2.40. The van der Waals surface area contributed by atoms with Gasteiger partial charge in [0.1, 0.15) is 5.56 Å². The van der Waals surface area contributed by atoms with Crippen LogP contribution in [0.4, 0.5) is 0 Å². The minimum atomic E-state index is -0.597. The molecule has 0 unspecified atom stereocenters. The van der Waals surface area contributed by atoms with Crippen LogP contribution in [-0.2, 0) is 11.3 Å². The lowest BCUT2D eigenvalue weighted by Gasteiger charge is -2.11. The molecule has 5 nitrogen and oxygen atoms in total. The van der Waals surface area contributed by atoms with Crippen molar-refractivity contribution in [1.29, 1.82) is 0 Å². The lowest BCUT2D eigenvalue weighted by molar-refractivity contribution is 0.0523. The quantitative estimate of drug-likeness (QED) is 0.761. The molecular formula is C19H24N2O3. The highest BCUT2D eigenvalue weighted by atomic mass is 16.5. The Morgan fingerprint density at radius 3 is 2.54 bits per heavy atom. The number of hydrogen-bond acceptors (Lipinski definition) is 4. The molecule has 2 rings (SSSR count). The van der Waals surface area contributed by atoms with Gasteiger partial charge in [0.2, 0.25) is 0 Å². The van der Waals surface area contributed by atoms with Gasteiger partial charge in [0.25, 0.3) is 5.56 Å². The predicted octanol–water partition coefficient (Wildman–Crippen LogP) is 3.50. The van der Waals surface area contributed by atoms with Gasteiger partial charge in [-0.3, -0.25) is 4.79 Å². The van der Waals surface area contributed by atoms with Crippen molar-refractivity contribution in [3.05, 3.63) is 51.3 Å². The van der Waals surface area contributed by atoms with Crippen molar-refractivity contribution in [2.45, 2.75) is 47.1 Å². The molecule has 0 saturated heterocycles. The number of rotatable bonds is 6. The Kier molecular flexibility index (Phi) is 5.90. The molecule has 1 aromatic heterocycles. The standard InChI is InChI=1S/C19H24N2O3/c1-5-7-10-21-18(22)16(19(23)24-6-2)12-17(20-21)15-9-8-13(3)14(4)11-15/h8-9,11-12H,5-7,10H2,1-4H3. The third-order valence-corrected chi connectivity index (χ3v) is 4.00. The molecule has 0 radical (unpaired) electrons. The van der Waals surface area contributed by atoms with Gasteiger partial charge in [-0.1, -0.05) is 25.5 Å². The van der Waals surface area contributed by atoms with Gasteiger partial charge in [0.15, 0.2) is 0 Å². The average molecular weight is 328 g/mol. The number of esters is 1. The van der Waals surface area contributed by atoms with E-state index in [0.717, 1.165) is 24.0 Å². The summed E-state index contributed by atoms with van der Waals surface area (Å²) in [4.78, 5) is 24.6. The summed E-state index contributed by atoms with van der Waals surface area (Å²) in [5.74, 6) is -0.597. The van der Waals surface area contributed by atoms with Crippen molar-refractivity contribution >= 4 is 5.97 Å². The second-order valence-electron chi connectivity index (χ2n) is 5.84. The Bertz CT molecular complexity index is 794. The van der Waals surface area contributed by atoms with E-state index in [0.29, 0.717) is 12.2 Å². The van der Waals surface area contributed by atoms with Gasteiger partial charge in [-0.25, -0.2) is 9.48 Å². The molecule has 5 heteroatoms. The van der Waals surface area contributed by atoms with E-state index >= 15 is 0 Å². The van der Waals surface area contributed by atoms with Crippen molar-refractivity contribution in [1.82, 2.24) is 9.78 Å². The van der Waals surface area contributed by atoms with Crippen molar-refractivity contribution < 1.29 is 9.53 Å². The zero-order valence-electron chi connectivity index (χ0n) is 14.8. The summed E-state index contributed by atoms with van der Waals surface area (Å²) < 4.78 is 6.40. The van der Waals surface area contributed by atoms with E-state index in [-0.39, 0.29) is 12.2 Å². The highest BCUT2D eigenvalue weighted by Gasteiger charge is 2.17.